The molecule has 146 valence electrons. The Bertz CT molecular complexity index is 1350. The van der Waals surface area contributed by atoms with Crippen molar-refractivity contribution < 1.29 is 4.79 Å². The number of nitrogens with one attached hydrogen (secondary N) is 1. The topological polar surface area (TPSA) is 72.7 Å². The lowest BCUT2D eigenvalue weighted by atomic mass is 10.1. The van der Waals surface area contributed by atoms with E-state index in [2.05, 4.69) is 15.3 Å². The Morgan fingerprint density at radius 3 is 2.73 bits per heavy atom. The fourth-order valence-corrected chi connectivity index (χ4v) is 4.15. The average molecular weight is 432 g/mol. The van der Waals surface area contributed by atoms with Crippen molar-refractivity contribution in [3.05, 3.63) is 89.4 Å². The van der Waals surface area contributed by atoms with Crippen LogP contribution in [0.25, 0.3) is 27.3 Å². The first-order valence-corrected chi connectivity index (χ1v) is 10.3. The molecule has 0 atom stereocenters. The Kier molecular flexibility index (Phi) is 4.74. The van der Waals surface area contributed by atoms with Crippen molar-refractivity contribution >= 4 is 45.4 Å². The van der Waals surface area contributed by atoms with E-state index in [0.29, 0.717) is 21.3 Å². The second kappa shape index (κ2) is 7.70. The number of thiophene rings is 1. The summed E-state index contributed by atoms with van der Waals surface area (Å²) in [5, 5.41) is 3.71. The first-order chi connectivity index (χ1) is 14.7. The van der Waals surface area contributed by atoms with Gasteiger partial charge in [0.2, 0.25) is 0 Å². The number of fused-ring (bicyclic) bond motifs is 1. The van der Waals surface area contributed by atoms with Crippen molar-refractivity contribution in [1.82, 2.24) is 19.5 Å². The zero-order chi connectivity index (χ0) is 20.5. The lowest BCUT2D eigenvalue weighted by molar-refractivity contribution is 0.102. The van der Waals surface area contributed by atoms with Gasteiger partial charge in [0.25, 0.3) is 5.91 Å². The molecule has 0 fully saturated rings. The van der Waals surface area contributed by atoms with Crippen LogP contribution in [0.5, 0.6) is 0 Å². The predicted molar refractivity (Wildman–Crippen MR) is 119 cm³/mol. The number of anilines is 1. The molecule has 1 amide bonds. The third-order valence-corrected chi connectivity index (χ3v) is 5.81. The van der Waals surface area contributed by atoms with Gasteiger partial charge in [-0.25, -0.2) is 15.0 Å². The van der Waals surface area contributed by atoms with Crippen molar-refractivity contribution in [2.45, 2.75) is 0 Å². The summed E-state index contributed by atoms with van der Waals surface area (Å²) in [4.78, 5) is 27.1. The van der Waals surface area contributed by atoms with Crippen LogP contribution in [0.15, 0.2) is 79.5 Å². The van der Waals surface area contributed by atoms with Gasteiger partial charge in [-0.2, -0.15) is 0 Å². The number of rotatable bonds is 4. The molecule has 5 aromatic rings. The highest BCUT2D eigenvalue weighted by atomic mass is 35.5. The number of carbonyl (C=O) groups is 1. The summed E-state index contributed by atoms with van der Waals surface area (Å²) in [6.07, 6.45) is 6.78. The highest BCUT2D eigenvalue weighted by Gasteiger charge is 2.15. The van der Waals surface area contributed by atoms with Gasteiger partial charge in [0, 0.05) is 17.8 Å². The van der Waals surface area contributed by atoms with Gasteiger partial charge in [-0.15, -0.1) is 11.3 Å². The molecule has 30 heavy (non-hydrogen) atoms. The first kappa shape index (κ1) is 18.5. The van der Waals surface area contributed by atoms with Gasteiger partial charge in [-0.3, -0.25) is 9.36 Å². The zero-order valence-corrected chi connectivity index (χ0v) is 17.1. The Morgan fingerprint density at radius 2 is 2.00 bits per heavy atom. The van der Waals surface area contributed by atoms with E-state index < -0.39 is 0 Å². The fraction of sp³-hybridized carbons (Fsp3) is 0. The SMILES string of the molecule is O=C(Nc1ccc(-n2ccnc2)nc1)c1cc(-c2ccc(Cl)s2)nc2ccccc12. The molecular formula is C22H14ClN5OS. The van der Waals surface area contributed by atoms with Gasteiger partial charge < -0.3 is 5.32 Å². The van der Waals surface area contributed by atoms with Gasteiger partial charge in [0.1, 0.15) is 12.1 Å². The molecule has 0 spiro atoms. The molecule has 4 aromatic heterocycles. The minimum absolute atomic E-state index is 0.227. The monoisotopic (exact) mass is 431 g/mol. The molecule has 1 aromatic carbocycles. The first-order valence-electron chi connectivity index (χ1n) is 9.08. The highest BCUT2D eigenvalue weighted by molar-refractivity contribution is 7.19. The van der Waals surface area contributed by atoms with Gasteiger partial charge in [0.15, 0.2) is 0 Å². The average Bonchev–Trinajstić information content (AvgIpc) is 3.45. The van der Waals surface area contributed by atoms with E-state index >= 15 is 0 Å². The predicted octanol–water partition coefficient (Wildman–Crippen LogP) is 5.45. The number of aromatic nitrogens is 4. The third kappa shape index (κ3) is 3.56. The smallest absolute Gasteiger partial charge is 0.256 e. The molecule has 0 saturated carbocycles. The van der Waals surface area contributed by atoms with E-state index in [9.17, 15) is 4.79 Å². The number of amides is 1. The van der Waals surface area contributed by atoms with E-state index in [4.69, 9.17) is 16.6 Å². The number of imidazole rings is 1. The van der Waals surface area contributed by atoms with Gasteiger partial charge in [0.05, 0.1) is 37.9 Å². The summed E-state index contributed by atoms with van der Waals surface area (Å²) < 4.78 is 2.47. The highest BCUT2D eigenvalue weighted by Crippen LogP contribution is 2.32. The quantitative estimate of drug-likeness (QED) is 0.410. The molecular weight excluding hydrogens is 418 g/mol. The lowest BCUT2D eigenvalue weighted by Gasteiger charge is -2.10. The van der Waals surface area contributed by atoms with E-state index in [-0.39, 0.29) is 5.91 Å². The second-order valence-electron chi connectivity index (χ2n) is 6.51. The summed E-state index contributed by atoms with van der Waals surface area (Å²) in [5.74, 6) is 0.492. The van der Waals surface area contributed by atoms with Crippen LogP contribution in [0.3, 0.4) is 0 Å². The van der Waals surface area contributed by atoms with Crippen molar-refractivity contribution in [2.24, 2.45) is 0 Å². The fourth-order valence-electron chi connectivity index (χ4n) is 3.15. The number of hydrogen-bond acceptors (Lipinski definition) is 5. The Hall–Kier alpha value is -3.55. The molecule has 0 radical (unpaired) electrons. The number of benzene rings is 1. The molecule has 5 rings (SSSR count). The van der Waals surface area contributed by atoms with Crippen molar-refractivity contribution in [3.8, 4) is 16.4 Å². The number of para-hydroxylation sites is 1. The van der Waals surface area contributed by atoms with Crippen LogP contribution in [0.2, 0.25) is 4.34 Å². The molecule has 8 heteroatoms. The molecule has 0 aliphatic heterocycles. The van der Waals surface area contributed by atoms with Crippen LogP contribution in [-0.4, -0.2) is 25.4 Å². The van der Waals surface area contributed by atoms with E-state index in [1.54, 1.807) is 29.4 Å². The van der Waals surface area contributed by atoms with Crippen LogP contribution < -0.4 is 5.32 Å². The van der Waals surface area contributed by atoms with Crippen LogP contribution >= 0.6 is 22.9 Å². The van der Waals surface area contributed by atoms with Crippen LogP contribution in [0.1, 0.15) is 10.4 Å². The maximum Gasteiger partial charge on any atom is 0.256 e. The van der Waals surface area contributed by atoms with Crippen LogP contribution in [0, 0.1) is 0 Å². The van der Waals surface area contributed by atoms with Gasteiger partial charge in [-0.05, 0) is 36.4 Å². The molecule has 0 unspecified atom stereocenters. The maximum atomic E-state index is 13.1. The van der Waals surface area contributed by atoms with Crippen LogP contribution in [-0.2, 0) is 0 Å². The van der Waals surface area contributed by atoms with Gasteiger partial charge >= 0.3 is 0 Å². The summed E-state index contributed by atoms with van der Waals surface area (Å²) >= 11 is 7.51. The maximum absolute atomic E-state index is 13.1. The summed E-state index contributed by atoms with van der Waals surface area (Å²) in [6.45, 7) is 0. The molecule has 0 bridgehead atoms. The molecule has 1 N–H and O–H groups in total. The molecule has 0 saturated heterocycles. The largest absolute Gasteiger partial charge is 0.321 e. The minimum Gasteiger partial charge on any atom is -0.321 e. The molecule has 0 aliphatic carbocycles. The lowest BCUT2D eigenvalue weighted by Crippen LogP contribution is -2.13. The van der Waals surface area contributed by atoms with Crippen molar-refractivity contribution in [1.29, 1.82) is 0 Å². The van der Waals surface area contributed by atoms with E-state index in [0.717, 1.165) is 21.6 Å². The normalized spacial score (nSPS) is 11.0. The van der Waals surface area contributed by atoms with Crippen molar-refractivity contribution in [3.63, 3.8) is 0 Å². The second-order valence-corrected chi connectivity index (χ2v) is 8.22. The van der Waals surface area contributed by atoms with E-state index in [1.807, 2.05) is 54.7 Å². The summed E-state index contributed by atoms with van der Waals surface area (Å²) in [6, 6.07) is 16.7. The zero-order valence-electron chi connectivity index (χ0n) is 15.5. The summed E-state index contributed by atoms with van der Waals surface area (Å²) in [7, 11) is 0. The number of halogens is 1. The Balaban J connectivity index is 1.49. The standard InChI is InChI=1S/C22H14ClN5OS/c23-20-7-6-19(30-20)18-11-16(15-3-1-2-4-17(15)27-18)22(29)26-14-5-8-21(25-12-14)28-10-9-24-13-28/h1-13H,(H,26,29). The Labute approximate surface area is 180 Å². The molecule has 0 aliphatic rings. The number of carbonyl (C=O) groups excluding carboxylic acids is 1. The van der Waals surface area contributed by atoms with Crippen LogP contribution in [0.4, 0.5) is 5.69 Å². The summed E-state index contributed by atoms with van der Waals surface area (Å²) in [5.41, 5.74) is 2.60. The number of pyridine rings is 2. The molecule has 4 heterocycles. The minimum atomic E-state index is -0.227. The third-order valence-electron chi connectivity index (χ3n) is 4.56. The van der Waals surface area contributed by atoms with Gasteiger partial charge in [-0.1, -0.05) is 29.8 Å². The van der Waals surface area contributed by atoms with E-state index in [1.165, 1.54) is 11.3 Å². The number of hydrogen-bond donors (Lipinski definition) is 1. The number of nitrogens with zero attached hydrogens (tertiary/aromatic N) is 4. The van der Waals surface area contributed by atoms with Crippen molar-refractivity contribution in [2.75, 3.05) is 5.32 Å². The molecule has 6 nitrogen and oxygen atoms in total. The Morgan fingerprint density at radius 1 is 1.10 bits per heavy atom.